The summed E-state index contributed by atoms with van der Waals surface area (Å²) in [5, 5.41) is 3.60. The highest BCUT2D eigenvalue weighted by molar-refractivity contribution is 9.10. The molecular formula is C17H21BrN2. The van der Waals surface area contributed by atoms with Crippen molar-refractivity contribution in [2.75, 3.05) is 5.32 Å². The van der Waals surface area contributed by atoms with Crippen molar-refractivity contribution in [3.05, 3.63) is 56.8 Å². The highest BCUT2D eigenvalue weighted by Crippen LogP contribution is 2.28. The average molecular weight is 333 g/mol. The minimum absolute atomic E-state index is 0.232. The Kier molecular flexibility index (Phi) is 4.48. The van der Waals surface area contributed by atoms with Crippen LogP contribution in [0.25, 0.3) is 0 Å². The summed E-state index contributed by atoms with van der Waals surface area (Å²) < 4.78 is 1.09. The molecular weight excluding hydrogens is 312 g/mol. The Morgan fingerprint density at radius 1 is 1.05 bits per heavy atom. The summed E-state index contributed by atoms with van der Waals surface area (Å²) in [6.07, 6.45) is 0. The van der Waals surface area contributed by atoms with Gasteiger partial charge < -0.3 is 5.32 Å². The Morgan fingerprint density at radius 3 is 2.40 bits per heavy atom. The van der Waals surface area contributed by atoms with Crippen molar-refractivity contribution >= 4 is 21.6 Å². The van der Waals surface area contributed by atoms with E-state index in [-0.39, 0.29) is 6.04 Å². The third-order valence-corrected chi connectivity index (χ3v) is 4.08. The third-order valence-electron chi connectivity index (χ3n) is 3.59. The fourth-order valence-electron chi connectivity index (χ4n) is 2.74. The molecule has 0 radical (unpaired) electrons. The summed E-state index contributed by atoms with van der Waals surface area (Å²) in [6.45, 7) is 10.6. The van der Waals surface area contributed by atoms with Gasteiger partial charge in [0.25, 0.3) is 0 Å². The van der Waals surface area contributed by atoms with Crippen molar-refractivity contribution in [2.24, 2.45) is 0 Å². The molecule has 1 aromatic carbocycles. The molecule has 2 aromatic rings. The quantitative estimate of drug-likeness (QED) is 0.830. The van der Waals surface area contributed by atoms with E-state index in [4.69, 9.17) is 0 Å². The van der Waals surface area contributed by atoms with Gasteiger partial charge in [0.2, 0.25) is 0 Å². The molecule has 1 heterocycles. The summed E-state index contributed by atoms with van der Waals surface area (Å²) in [6, 6.07) is 8.68. The molecule has 0 aliphatic rings. The van der Waals surface area contributed by atoms with Gasteiger partial charge >= 0.3 is 0 Å². The number of halogens is 1. The van der Waals surface area contributed by atoms with Crippen molar-refractivity contribution in [1.29, 1.82) is 0 Å². The van der Waals surface area contributed by atoms with E-state index in [1.165, 1.54) is 16.7 Å². The number of benzene rings is 1. The van der Waals surface area contributed by atoms with E-state index in [0.717, 1.165) is 21.5 Å². The number of aromatic nitrogens is 1. The van der Waals surface area contributed by atoms with Gasteiger partial charge in [-0.3, -0.25) is 4.98 Å². The van der Waals surface area contributed by atoms with Crippen molar-refractivity contribution in [2.45, 2.75) is 40.7 Å². The monoisotopic (exact) mass is 332 g/mol. The summed E-state index contributed by atoms with van der Waals surface area (Å²) in [5.41, 5.74) is 7.17. The molecule has 0 spiro atoms. The van der Waals surface area contributed by atoms with Crippen molar-refractivity contribution in [3.8, 4) is 0 Å². The normalized spacial score (nSPS) is 12.3. The second kappa shape index (κ2) is 5.96. The molecule has 2 rings (SSSR count). The summed E-state index contributed by atoms with van der Waals surface area (Å²) in [7, 11) is 0. The van der Waals surface area contributed by atoms with Gasteiger partial charge in [-0.15, -0.1) is 0 Å². The number of pyridine rings is 1. The lowest BCUT2D eigenvalue weighted by Crippen LogP contribution is -2.12. The Labute approximate surface area is 129 Å². The first-order valence-corrected chi connectivity index (χ1v) is 7.65. The number of nitrogens with one attached hydrogen (secondary N) is 1. The summed E-state index contributed by atoms with van der Waals surface area (Å²) in [4.78, 5) is 4.59. The SMILES string of the molecule is Cc1cc(C)c(C(C)Nc2cc(Br)ccc2C)c(C)n1. The molecule has 1 aromatic heterocycles. The number of hydrogen-bond acceptors (Lipinski definition) is 2. The van der Waals surface area contributed by atoms with Crippen LogP contribution in [0.5, 0.6) is 0 Å². The fraction of sp³-hybridized carbons (Fsp3) is 0.353. The number of aryl methyl sites for hydroxylation is 4. The summed E-state index contributed by atoms with van der Waals surface area (Å²) in [5.74, 6) is 0. The van der Waals surface area contributed by atoms with E-state index in [1.54, 1.807) is 0 Å². The molecule has 0 fully saturated rings. The van der Waals surface area contributed by atoms with Crippen LogP contribution in [0.15, 0.2) is 28.7 Å². The smallest absolute Gasteiger partial charge is 0.0506 e. The Hall–Kier alpha value is -1.35. The van der Waals surface area contributed by atoms with Gasteiger partial charge in [0.1, 0.15) is 0 Å². The maximum absolute atomic E-state index is 4.59. The zero-order valence-electron chi connectivity index (χ0n) is 12.7. The minimum Gasteiger partial charge on any atom is -0.378 e. The van der Waals surface area contributed by atoms with Crippen LogP contribution in [0.4, 0.5) is 5.69 Å². The predicted octanol–water partition coefficient (Wildman–Crippen LogP) is 5.25. The highest BCUT2D eigenvalue weighted by atomic mass is 79.9. The Morgan fingerprint density at radius 2 is 1.75 bits per heavy atom. The van der Waals surface area contributed by atoms with Crippen LogP contribution in [-0.4, -0.2) is 4.98 Å². The maximum atomic E-state index is 4.59. The first-order valence-electron chi connectivity index (χ1n) is 6.86. The fourth-order valence-corrected chi connectivity index (χ4v) is 3.10. The van der Waals surface area contributed by atoms with Crippen LogP contribution in [0.1, 0.15) is 41.0 Å². The van der Waals surface area contributed by atoms with E-state index in [1.807, 2.05) is 6.92 Å². The average Bonchev–Trinajstić information content (AvgIpc) is 2.32. The number of rotatable bonds is 3. The van der Waals surface area contributed by atoms with Gasteiger partial charge in [-0.2, -0.15) is 0 Å². The van der Waals surface area contributed by atoms with Gasteiger partial charge in [-0.1, -0.05) is 22.0 Å². The maximum Gasteiger partial charge on any atom is 0.0506 e. The number of hydrogen-bond donors (Lipinski definition) is 1. The van der Waals surface area contributed by atoms with Crippen LogP contribution in [0.3, 0.4) is 0 Å². The van der Waals surface area contributed by atoms with Gasteiger partial charge in [-0.05, 0) is 69.5 Å². The molecule has 0 bridgehead atoms. The molecule has 106 valence electrons. The predicted molar refractivity (Wildman–Crippen MR) is 89.4 cm³/mol. The molecule has 0 saturated heterocycles. The van der Waals surface area contributed by atoms with E-state index in [9.17, 15) is 0 Å². The lowest BCUT2D eigenvalue weighted by molar-refractivity contribution is 0.841. The Bertz CT molecular complexity index is 612. The molecule has 2 nitrogen and oxygen atoms in total. The molecule has 20 heavy (non-hydrogen) atoms. The topological polar surface area (TPSA) is 24.9 Å². The van der Waals surface area contributed by atoms with Crippen molar-refractivity contribution in [3.63, 3.8) is 0 Å². The third kappa shape index (κ3) is 3.21. The lowest BCUT2D eigenvalue weighted by Gasteiger charge is -2.21. The standard InChI is InChI=1S/C17H21BrN2/c1-10-6-7-15(18)9-16(10)20-14(5)17-11(2)8-12(3)19-13(17)4/h6-9,14,20H,1-5H3. The van der Waals surface area contributed by atoms with E-state index in [2.05, 4.69) is 78.2 Å². The second-order valence-corrected chi connectivity index (χ2v) is 6.32. The minimum atomic E-state index is 0.232. The van der Waals surface area contributed by atoms with Crippen molar-refractivity contribution < 1.29 is 0 Å². The van der Waals surface area contributed by atoms with Crippen LogP contribution in [0.2, 0.25) is 0 Å². The molecule has 0 aliphatic carbocycles. The second-order valence-electron chi connectivity index (χ2n) is 5.40. The van der Waals surface area contributed by atoms with E-state index in [0.29, 0.717) is 0 Å². The van der Waals surface area contributed by atoms with Gasteiger partial charge in [0.05, 0.1) is 6.04 Å². The van der Waals surface area contributed by atoms with E-state index >= 15 is 0 Å². The van der Waals surface area contributed by atoms with Crippen LogP contribution < -0.4 is 5.32 Å². The van der Waals surface area contributed by atoms with Gasteiger partial charge in [0.15, 0.2) is 0 Å². The largest absolute Gasteiger partial charge is 0.378 e. The molecule has 1 atom stereocenters. The lowest BCUT2D eigenvalue weighted by atomic mass is 10.00. The Balaban J connectivity index is 2.33. The van der Waals surface area contributed by atoms with Crippen LogP contribution in [-0.2, 0) is 0 Å². The zero-order chi connectivity index (χ0) is 14.9. The number of nitrogens with zero attached hydrogens (tertiary/aromatic N) is 1. The van der Waals surface area contributed by atoms with E-state index < -0.39 is 0 Å². The number of anilines is 1. The molecule has 0 amide bonds. The molecule has 0 aliphatic heterocycles. The summed E-state index contributed by atoms with van der Waals surface area (Å²) >= 11 is 3.53. The zero-order valence-corrected chi connectivity index (χ0v) is 14.3. The molecule has 1 N–H and O–H groups in total. The van der Waals surface area contributed by atoms with Gasteiger partial charge in [-0.25, -0.2) is 0 Å². The highest BCUT2D eigenvalue weighted by Gasteiger charge is 2.14. The van der Waals surface area contributed by atoms with Crippen molar-refractivity contribution in [1.82, 2.24) is 4.98 Å². The molecule has 0 saturated carbocycles. The van der Waals surface area contributed by atoms with Gasteiger partial charge in [0, 0.05) is 21.5 Å². The van der Waals surface area contributed by atoms with Crippen LogP contribution in [0, 0.1) is 27.7 Å². The molecule has 3 heteroatoms. The first-order chi connectivity index (χ1) is 9.38. The molecule has 1 unspecified atom stereocenters. The van der Waals surface area contributed by atoms with Crippen LogP contribution >= 0.6 is 15.9 Å². The first kappa shape index (κ1) is 15.0.